The number of benzene rings is 2. The molecule has 1 aliphatic heterocycles. The molecule has 0 aliphatic carbocycles. The van der Waals surface area contributed by atoms with E-state index in [1.807, 2.05) is 6.07 Å². The molecule has 4 rings (SSSR count). The maximum absolute atomic E-state index is 12.8. The summed E-state index contributed by atoms with van der Waals surface area (Å²) < 4.78 is 1.16. The molecule has 7 nitrogen and oxygen atoms in total. The second kappa shape index (κ2) is 8.23. The summed E-state index contributed by atoms with van der Waals surface area (Å²) in [6.07, 6.45) is 0. The van der Waals surface area contributed by atoms with Gasteiger partial charge in [0.25, 0.3) is 11.5 Å². The Labute approximate surface area is 192 Å². The molecule has 0 bridgehead atoms. The van der Waals surface area contributed by atoms with E-state index < -0.39 is 22.9 Å². The third-order valence-corrected chi connectivity index (χ3v) is 6.01. The van der Waals surface area contributed by atoms with Crippen LogP contribution in [0.3, 0.4) is 0 Å². The molecule has 0 radical (unpaired) electrons. The number of carbonyl (C=O) groups is 1. The highest BCUT2D eigenvalue weighted by atomic mass is 35.5. The maximum Gasteiger partial charge on any atom is 0.273 e. The number of aromatic nitrogens is 2. The van der Waals surface area contributed by atoms with Crippen LogP contribution in [-0.4, -0.2) is 25.8 Å². The molecule has 1 amide bonds. The van der Waals surface area contributed by atoms with Crippen LogP contribution in [0, 0.1) is 11.3 Å². The Bertz CT molecular complexity index is 1280. The van der Waals surface area contributed by atoms with Gasteiger partial charge in [0.15, 0.2) is 0 Å². The Morgan fingerprint density at radius 2 is 1.77 bits per heavy atom. The van der Waals surface area contributed by atoms with Gasteiger partial charge in [-0.3, -0.25) is 19.6 Å². The SMILES string of the molecule is Cn1c(NN2C(=O)C(Cl)C2c2ccccc2Cl)nc(-c2ccc(Cl)cc2)c(C#N)c1=O. The lowest BCUT2D eigenvalue weighted by atomic mass is 9.95. The summed E-state index contributed by atoms with van der Waals surface area (Å²) in [5.74, 6) is -0.318. The van der Waals surface area contributed by atoms with E-state index in [4.69, 9.17) is 34.8 Å². The fourth-order valence-electron chi connectivity index (χ4n) is 3.32. The van der Waals surface area contributed by atoms with Gasteiger partial charge in [0, 0.05) is 22.7 Å². The molecule has 31 heavy (non-hydrogen) atoms. The summed E-state index contributed by atoms with van der Waals surface area (Å²) in [6, 6.07) is 15.0. The van der Waals surface area contributed by atoms with Crippen molar-refractivity contribution in [2.45, 2.75) is 11.4 Å². The zero-order valence-electron chi connectivity index (χ0n) is 16.0. The lowest BCUT2D eigenvalue weighted by molar-refractivity contribution is -0.143. The minimum Gasteiger partial charge on any atom is -0.279 e. The lowest BCUT2D eigenvalue weighted by Crippen LogP contribution is -2.59. The number of halogens is 3. The van der Waals surface area contributed by atoms with Gasteiger partial charge >= 0.3 is 0 Å². The molecule has 156 valence electrons. The third kappa shape index (κ3) is 3.63. The van der Waals surface area contributed by atoms with Gasteiger partial charge < -0.3 is 0 Å². The number of hydrazine groups is 1. The van der Waals surface area contributed by atoms with Crippen LogP contribution in [-0.2, 0) is 11.8 Å². The van der Waals surface area contributed by atoms with E-state index in [-0.39, 0.29) is 17.2 Å². The molecular weight excluding hydrogens is 461 g/mol. The summed E-state index contributed by atoms with van der Waals surface area (Å²) in [5, 5.41) is 10.9. The first-order valence-electron chi connectivity index (χ1n) is 9.08. The average molecular weight is 475 g/mol. The average Bonchev–Trinajstić information content (AvgIpc) is 2.77. The number of anilines is 1. The molecule has 10 heteroatoms. The van der Waals surface area contributed by atoms with Crippen molar-refractivity contribution in [1.82, 2.24) is 14.6 Å². The van der Waals surface area contributed by atoms with Gasteiger partial charge in [0.05, 0.1) is 5.69 Å². The number of hydrogen-bond donors (Lipinski definition) is 1. The van der Waals surface area contributed by atoms with Gasteiger partial charge in [-0.25, -0.2) is 9.99 Å². The van der Waals surface area contributed by atoms with Crippen LogP contribution in [0.15, 0.2) is 53.3 Å². The molecule has 3 aromatic rings. The third-order valence-electron chi connectivity index (χ3n) is 4.99. The molecule has 1 aliphatic rings. The summed E-state index contributed by atoms with van der Waals surface area (Å²) in [7, 11) is 1.46. The van der Waals surface area contributed by atoms with Crippen LogP contribution in [0.1, 0.15) is 17.2 Å². The Morgan fingerprint density at radius 3 is 2.42 bits per heavy atom. The van der Waals surface area contributed by atoms with Gasteiger partial charge in [-0.2, -0.15) is 5.26 Å². The van der Waals surface area contributed by atoms with Crippen molar-refractivity contribution in [2.24, 2.45) is 7.05 Å². The first kappa shape index (κ1) is 21.2. The van der Waals surface area contributed by atoms with E-state index >= 15 is 0 Å². The monoisotopic (exact) mass is 473 g/mol. The van der Waals surface area contributed by atoms with Crippen LogP contribution in [0.4, 0.5) is 5.95 Å². The van der Waals surface area contributed by atoms with E-state index in [0.29, 0.717) is 21.2 Å². The van der Waals surface area contributed by atoms with Crippen LogP contribution in [0.2, 0.25) is 10.0 Å². The van der Waals surface area contributed by atoms with E-state index in [1.54, 1.807) is 48.5 Å². The second-order valence-corrected chi connectivity index (χ2v) is 8.14. The lowest BCUT2D eigenvalue weighted by Gasteiger charge is -2.44. The zero-order chi connectivity index (χ0) is 22.3. The zero-order valence-corrected chi connectivity index (χ0v) is 18.3. The summed E-state index contributed by atoms with van der Waals surface area (Å²) >= 11 is 18.5. The molecule has 1 fully saturated rings. The number of nitrogens with zero attached hydrogens (tertiary/aromatic N) is 4. The highest BCUT2D eigenvalue weighted by Gasteiger charge is 2.49. The normalized spacial score (nSPS) is 17.8. The first-order chi connectivity index (χ1) is 14.8. The van der Waals surface area contributed by atoms with Gasteiger partial charge in [-0.1, -0.05) is 53.5 Å². The highest BCUT2D eigenvalue weighted by molar-refractivity contribution is 6.35. The minimum atomic E-state index is -0.821. The summed E-state index contributed by atoms with van der Waals surface area (Å²) in [5.41, 5.74) is 3.56. The molecule has 2 atom stereocenters. The molecular formula is C21H14Cl3N5O2. The topological polar surface area (TPSA) is 91.0 Å². The van der Waals surface area contributed by atoms with Gasteiger partial charge in [0.1, 0.15) is 23.1 Å². The molecule has 0 saturated carbocycles. The predicted molar refractivity (Wildman–Crippen MR) is 119 cm³/mol. The summed E-state index contributed by atoms with van der Waals surface area (Å²) in [6.45, 7) is 0. The number of nitriles is 1. The second-order valence-electron chi connectivity index (χ2n) is 6.83. The Morgan fingerprint density at radius 1 is 1.10 bits per heavy atom. The number of rotatable bonds is 4. The van der Waals surface area contributed by atoms with E-state index in [1.165, 1.54) is 12.1 Å². The fraction of sp³-hybridized carbons (Fsp3) is 0.143. The maximum atomic E-state index is 12.8. The minimum absolute atomic E-state index is 0.0721. The number of hydrogen-bond acceptors (Lipinski definition) is 5. The van der Waals surface area contributed by atoms with E-state index in [0.717, 1.165) is 4.57 Å². The van der Waals surface area contributed by atoms with Crippen molar-refractivity contribution >= 4 is 46.7 Å². The fourth-order valence-corrected chi connectivity index (χ4v) is 4.04. The van der Waals surface area contributed by atoms with Crippen molar-refractivity contribution in [2.75, 3.05) is 5.43 Å². The van der Waals surface area contributed by atoms with Crippen molar-refractivity contribution in [1.29, 1.82) is 5.26 Å². The molecule has 2 aromatic carbocycles. The smallest absolute Gasteiger partial charge is 0.273 e. The standard InChI is InChI=1S/C21H14Cl3N5O2/c1-28-19(30)14(10-25)17(11-6-8-12(22)9-7-11)26-21(28)27-29-18(16(24)20(29)31)13-4-2-3-5-15(13)23/h2-9,16,18H,1H3,(H,26,27). The summed E-state index contributed by atoms with van der Waals surface area (Å²) in [4.78, 5) is 29.7. The number of β-lactam (4-membered cyclic amide) rings is 1. The number of alkyl halides is 1. The Balaban J connectivity index is 1.77. The van der Waals surface area contributed by atoms with Crippen LogP contribution < -0.4 is 11.0 Å². The Kier molecular flexibility index (Phi) is 5.63. The van der Waals surface area contributed by atoms with Crippen molar-refractivity contribution in [3.05, 3.63) is 80.1 Å². The predicted octanol–water partition coefficient (Wildman–Crippen LogP) is 4.14. The van der Waals surface area contributed by atoms with Crippen molar-refractivity contribution < 1.29 is 4.79 Å². The number of nitrogens with one attached hydrogen (secondary N) is 1. The molecule has 1 N–H and O–H groups in total. The van der Waals surface area contributed by atoms with Crippen LogP contribution >= 0.6 is 34.8 Å². The first-order valence-corrected chi connectivity index (χ1v) is 10.3. The van der Waals surface area contributed by atoms with E-state index in [9.17, 15) is 14.9 Å². The van der Waals surface area contributed by atoms with Gasteiger partial charge in [-0.05, 0) is 23.8 Å². The van der Waals surface area contributed by atoms with Gasteiger partial charge in [0.2, 0.25) is 5.95 Å². The number of carbonyl (C=O) groups excluding carboxylic acids is 1. The van der Waals surface area contributed by atoms with Crippen molar-refractivity contribution in [3.63, 3.8) is 0 Å². The number of amides is 1. The van der Waals surface area contributed by atoms with E-state index in [2.05, 4.69) is 10.4 Å². The molecule has 1 aromatic heterocycles. The molecule has 2 heterocycles. The van der Waals surface area contributed by atoms with Crippen LogP contribution in [0.25, 0.3) is 11.3 Å². The van der Waals surface area contributed by atoms with Crippen molar-refractivity contribution in [3.8, 4) is 17.3 Å². The molecule has 0 spiro atoms. The largest absolute Gasteiger partial charge is 0.279 e. The quantitative estimate of drug-likeness (QED) is 0.453. The van der Waals surface area contributed by atoms with Crippen LogP contribution in [0.5, 0.6) is 0 Å². The molecule has 1 saturated heterocycles. The van der Waals surface area contributed by atoms with Gasteiger partial charge in [-0.15, -0.1) is 11.6 Å². The molecule has 2 unspecified atom stereocenters. The Hall–Kier alpha value is -3.05. The highest BCUT2D eigenvalue weighted by Crippen LogP contribution is 2.41.